The van der Waals surface area contributed by atoms with Gasteiger partial charge >= 0.3 is 0 Å². The highest BCUT2D eigenvalue weighted by atomic mass is 15.1. The predicted molar refractivity (Wildman–Crippen MR) is 234 cm³/mol. The molecule has 0 aliphatic heterocycles. The summed E-state index contributed by atoms with van der Waals surface area (Å²) < 4.78 is 2.27. The van der Waals surface area contributed by atoms with E-state index >= 15 is 0 Å². The second-order valence-corrected chi connectivity index (χ2v) is 15.2. The topological polar surface area (TPSA) is 17.8 Å². The fourth-order valence-electron chi connectivity index (χ4n) is 9.21. The molecule has 0 amide bonds. The number of allylic oxidation sites excluding steroid dienone is 4. The Morgan fingerprint density at radius 3 is 1.86 bits per heavy atom. The highest BCUT2D eigenvalue weighted by Gasteiger charge is 2.33. The van der Waals surface area contributed by atoms with Crippen LogP contribution in [0.25, 0.3) is 71.9 Å². The molecule has 8 aromatic carbocycles. The Hall–Kier alpha value is -7.03. The van der Waals surface area contributed by atoms with E-state index in [0.29, 0.717) is 5.92 Å². The first kappa shape index (κ1) is 32.4. The number of nitrogens with zero attached hydrogens (tertiary/aromatic N) is 2. The van der Waals surface area contributed by atoms with Crippen LogP contribution in [0.15, 0.2) is 206 Å². The van der Waals surface area contributed by atoms with Crippen molar-refractivity contribution in [2.45, 2.75) is 6.92 Å². The van der Waals surface area contributed by atoms with Crippen LogP contribution in [0, 0.1) is 11.8 Å². The maximum Gasteiger partial charge on any atom is 0.145 e. The monoisotopic (exact) mass is 714 g/mol. The molecule has 0 saturated heterocycles. The summed E-state index contributed by atoms with van der Waals surface area (Å²) in [5.41, 5.74) is 13.3. The van der Waals surface area contributed by atoms with E-state index in [-0.39, 0.29) is 5.92 Å². The molecule has 1 heterocycles. The molecule has 11 rings (SSSR count). The number of benzene rings is 8. The summed E-state index contributed by atoms with van der Waals surface area (Å²) in [5.74, 6) is 1.50. The van der Waals surface area contributed by atoms with Gasteiger partial charge in [0.05, 0.1) is 11.0 Å². The van der Waals surface area contributed by atoms with Gasteiger partial charge < -0.3 is 0 Å². The van der Waals surface area contributed by atoms with Crippen LogP contribution in [0.2, 0.25) is 0 Å². The summed E-state index contributed by atoms with van der Waals surface area (Å²) in [6.45, 7) is 2.38. The smallest absolute Gasteiger partial charge is 0.145 e. The molecule has 264 valence electrons. The van der Waals surface area contributed by atoms with Crippen molar-refractivity contribution in [3.8, 4) is 28.2 Å². The molecular formula is C54H38N2. The van der Waals surface area contributed by atoms with E-state index in [1.807, 2.05) is 0 Å². The summed E-state index contributed by atoms with van der Waals surface area (Å²) in [5, 5.41) is 7.64. The van der Waals surface area contributed by atoms with E-state index in [9.17, 15) is 0 Å². The molecule has 2 aliphatic rings. The van der Waals surface area contributed by atoms with Crippen molar-refractivity contribution in [1.29, 1.82) is 0 Å². The first-order chi connectivity index (χ1) is 27.7. The fraction of sp³-hybridized carbons (Fsp3) is 0.0556. The van der Waals surface area contributed by atoms with Crippen LogP contribution in [0.5, 0.6) is 0 Å². The summed E-state index contributed by atoms with van der Waals surface area (Å²) in [7, 11) is 0. The molecule has 9 aromatic rings. The van der Waals surface area contributed by atoms with Crippen molar-refractivity contribution in [2.75, 3.05) is 0 Å². The molecule has 2 atom stereocenters. The van der Waals surface area contributed by atoms with Gasteiger partial charge in [0.25, 0.3) is 0 Å². The minimum absolute atomic E-state index is 0.226. The van der Waals surface area contributed by atoms with Gasteiger partial charge in [-0.15, -0.1) is 0 Å². The lowest BCUT2D eigenvalue weighted by atomic mass is 9.68. The molecule has 0 spiro atoms. The molecule has 2 nitrogen and oxygen atoms in total. The largest absolute Gasteiger partial charge is 0.292 e. The van der Waals surface area contributed by atoms with E-state index in [1.54, 1.807) is 0 Å². The minimum Gasteiger partial charge on any atom is -0.292 e. The van der Waals surface area contributed by atoms with Crippen LogP contribution in [0.4, 0.5) is 0 Å². The third-order valence-electron chi connectivity index (χ3n) is 11.9. The highest BCUT2D eigenvalue weighted by molar-refractivity contribution is 5.95. The number of fused-ring (bicyclic) bond motifs is 5. The normalized spacial score (nSPS) is 16.3. The predicted octanol–water partition coefficient (Wildman–Crippen LogP) is 11.8. The van der Waals surface area contributed by atoms with E-state index in [1.165, 1.54) is 71.0 Å². The number of para-hydroxylation sites is 3. The van der Waals surface area contributed by atoms with E-state index in [4.69, 9.17) is 4.98 Å². The summed E-state index contributed by atoms with van der Waals surface area (Å²) in [6, 6.07) is 66.4. The van der Waals surface area contributed by atoms with Gasteiger partial charge in [-0.3, -0.25) is 4.57 Å². The van der Waals surface area contributed by atoms with Crippen molar-refractivity contribution in [3.05, 3.63) is 227 Å². The Kier molecular flexibility index (Phi) is 7.57. The lowest BCUT2D eigenvalue weighted by molar-refractivity contribution is 0.597. The van der Waals surface area contributed by atoms with Gasteiger partial charge in [0, 0.05) is 17.2 Å². The first-order valence-electron chi connectivity index (χ1n) is 19.6. The zero-order chi connectivity index (χ0) is 37.2. The second-order valence-electron chi connectivity index (χ2n) is 15.2. The molecule has 2 aliphatic carbocycles. The lowest BCUT2D eigenvalue weighted by Crippen LogP contribution is -2.39. The van der Waals surface area contributed by atoms with Gasteiger partial charge in [-0.2, -0.15) is 0 Å². The van der Waals surface area contributed by atoms with Gasteiger partial charge in [-0.25, -0.2) is 4.98 Å². The Bertz CT molecular complexity index is 3200. The van der Waals surface area contributed by atoms with Crippen LogP contribution in [-0.4, -0.2) is 9.55 Å². The van der Waals surface area contributed by atoms with E-state index in [2.05, 4.69) is 212 Å². The quantitative estimate of drug-likeness (QED) is 0.174. The van der Waals surface area contributed by atoms with E-state index < -0.39 is 0 Å². The molecule has 0 saturated carbocycles. The van der Waals surface area contributed by atoms with Crippen LogP contribution in [0.1, 0.15) is 18.1 Å². The standard InChI is InChI=1S/C54H38N2/c1-35-12-11-19-47-51(35)53(44-29-25-37-14-6-8-16-41(37)33-44)46-31-30-42(34-48(46)52(47)43-28-24-36-13-5-7-15-40(36)32-43)38-22-26-39(27-23-38)54-55-49-20-9-10-21-50(49)56(54)45-17-3-2-4-18-45/h2-35,51H,1H3/t35-,51?/m0/s1. The van der Waals surface area contributed by atoms with Gasteiger partial charge in [-0.1, -0.05) is 165 Å². The van der Waals surface area contributed by atoms with Crippen LogP contribution in [-0.2, 0) is 0 Å². The molecule has 2 heteroatoms. The lowest BCUT2D eigenvalue weighted by Gasteiger charge is -2.35. The second kappa shape index (κ2) is 13.1. The summed E-state index contributed by atoms with van der Waals surface area (Å²) in [4.78, 5) is 5.13. The molecular weight excluding hydrogens is 677 g/mol. The average Bonchev–Trinajstić information content (AvgIpc) is 3.65. The molecule has 56 heavy (non-hydrogen) atoms. The molecule has 0 fully saturated rings. The maximum absolute atomic E-state index is 5.13. The molecule has 1 aromatic heterocycles. The van der Waals surface area contributed by atoms with Crippen LogP contribution < -0.4 is 10.4 Å². The number of rotatable bonds is 5. The summed E-state index contributed by atoms with van der Waals surface area (Å²) >= 11 is 0. The molecule has 0 N–H and O–H groups in total. The Morgan fingerprint density at radius 1 is 0.482 bits per heavy atom. The van der Waals surface area contributed by atoms with Crippen LogP contribution in [0.3, 0.4) is 0 Å². The summed E-state index contributed by atoms with van der Waals surface area (Å²) in [6.07, 6.45) is 7.02. The SMILES string of the molecule is C[C@H]1C=CC=C2C(c3ccc4ccccc4c3)=c3cc(-c4ccc(-c5nc6ccccc6n5-c5ccccc5)cc4)ccc3=C(c3ccc4ccccc4c3)C21. The molecule has 1 unspecified atom stereocenters. The third kappa shape index (κ3) is 5.29. The van der Waals surface area contributed by atoms with Gasteiger partial charge in [0.2, 0.25) is 0 Å². The highest BCUT2D eigenvalue weighted by Crippen LogP contribution is 2.44. The van der Waals surface area contributed by atoms with Crippen molar-refractivity contribution in [3.63, 3.8) is 0 Å². The first-order valence-corrected chi connectivity index (χ1v) is 19.6. The fourth-order valence-corrected chi connectivity index (χ4v) is 9.21. The molecule has 0 radical (unpaired) electrons. The van der Waals surface area contributed by atoms with E-state index in [0.717, 1.165) is 28.1 Å². The zero-order valence-electron chi connectivity index (χ0n) is 31.1. The average molecular weight is 715 g/mol. The zero-order valence-corrected chi connectivity index (χ0v) is 31.1. The van der Waals surface area contributed by atoms with Crippen LogP contribution >= 0.6 is 0 Å². The Morgan fingerprint density at radius 2 is 1.09 bits per heavy atom. The van der Waals surface area contributed by atoms with Crippen molar-refractivity contribution >= 4 is 43.7 Å². The van der Waals surface area contributed by atoms with Crippen molar-refractivity contribution in [1.82, 2.24) is 9.55 Å². The minimum atomic E-state index is 0.226. The number of aromatic nitrogens is 2. The van der Waals surface area contributed by atoms with Crippen molar-refractivity contribution < 1.29 is 0 Å². The molecule has 0 bridgehead atoms. The Labute approximate surface area is 326 Å². The number of imidazole rings is 1. The van der Waals surface area contributed by atoms with Crippen molar-refractivity contribution in [2.24, 2.45) is 11.8 Å². The number of hydrogen-bond donors (Lipinski definition) is 0. The third-order valence-corrected chi connectivity index (χ3v) is 11.9. The van der Waals surface area contributed by atoms with Gasteiger partial charge in [0.1, 0.15) is 5.82 Å². The number of hydrogen-bond acceptors (Lipinski definition) is 1. The Balaban J connectivity index is 1.14. The van der Waals surface area contributed by atoms with Gasteiger partial charge in [0.15, 0.2) is 0 Å². The van der Waals surface area contributed by atoms with Gasteiger partial charge in [-0.05, 0) is 119 Å². The maximum atomic E-state index is 5.13.